The molecule has 9 nitrogen and oxygen atoms in total. The Kier molecular flexibility index (Phi) is 8.44. The molecule has 0 fully saturated rings. The Morgan fingerprint density at radius 2 is 1.61 bits per heavy atom. The number of benzene rings is 3. The smallest absolute Gasteiger partial charge is 0.328 e. The number of hydrazine groups is 1. The highest BCUT2D eigenvalue weighted by Gasteiger charge is 2.33. The van der Waals surface area contributed by atoms with Gasteiger partial charge in [0.2, 0.25) is 0 Å². The van der Waals surface area contributed by atoms with Crippen LogP contribution < -0.4 is 10.7 Å². The van der Waals surface area contributed by atoms with Gasteiger partial charge >= 0.3 is 5.97 Å². The van der Waals surface area contributed by atoms with Gasteiger partial charge in [0.1, 0.15) is 17.4 Å². The van der Waals surface area contributed by atoms with Gasteiger partial charge in [-0.2, -0.15) is 0 Å². The summed E-state index contributed by atoms with van der Waals surface area (Å²) in [5.74, 6) is -0.487. The van der Waals surface area contributed by atoms with E-state index in [2.05, 4.69) is 0 Å². The SMILES string of the molecule is Cc1cc(C(=O)N(C)c2cccc(O)c2)cc(Cl)c1C(=O)N(N)[C@@H](CC(=O)c1cc(F)cc(F)c1)C(=O)O. The Balaban J connectivity index is 1.86. The molecule has 0 aliphatic heterocycles. The van der Waals surface area contributed by atoms with E-state index in [0.29, 0.717) is 16.8 Å². The number of Topliss-reactive ketones (excluding diaryl/α,β-unsaturated/α-hetero) is 1. The second-order valence-electron chi connectivity index (χ2n) is 8.39. The van der Waals surface area contributed by atoms with Crippen molar-refractivity contribution in [3.05, 3.63) is 93.5 Å². The van der Waals surface area contributed by atoms with Crippen molar-refractivity contribution in [2.45, 2.75) is 19.4 Å². The summed E-state index contributed by atoms with van der Waals surface area (Å²) >= 11 is 6.30. The van der Waals surface area contributed by atoms with E-state index in [-0.39, 0.29) is 27.5 Å². The number of carboxylic acid groups (broad SMARTS) is 1. The Labute approximate surface area is 220 Å². The monoisotopic (exact) mass is 545 g/mol. The number of hydrogen-bond acceptors (Lipinski definition) is 6. The number of phenolic OH excluding ortho intramolecular Hbond substituents is 1. The van der Waals surface area contributed by atoms with Crippen molar-refractivity contribution in [3.63, 3.8) is 0 Å². The first kappa shape index (κ1) is 28.2. The van der Waals surface area contributed by atoms with Crippen LogP contribution in [0.25, 0.3) is 0 Å². The van der Waals surface area contributed by atoms with Gasteiger partial charge in [0, 0.05) is 42.4 Å². The first-order valence-electron chi connectivity index (χ1n) is 11.0. The zero-order chi connectivity index (χ0) is 28.3. The average Bonchev–Trinajstić information content (AvgIpc) is 2.84. The van der Waals surface area contributed by atoms with E-state index >= 15 is 0 Å². The van der Waals surface area contributed by atoms with E-state index in [1.807, 2.05) is 0 Å². The summed E-state index contributed by atoms with van der Waals surface area (Å²) in [4.78, 5) is 51.7. The number of phenols is 1. The summed E-state index contributed by atoms with van der Waals surface area (Å²) in [5, 5.41) is 19.4. The van der Waals surface area contributed by atoms with Crippen molar-refractivity contribution in [2.24, 2.45) is 5.84 Å². The number of halogens is 3. The summed E-state index contributed by atoms with van der Waals surface area (Å²) in [5.41, 5.74) is 0.0396. The number of aromatic hydroxyl groups is 1. The maximum atomic E-state index is 13.5. The van der Waals surface area contributed by atoms with Gasteiger partial charge in [-0.15, -0.1) is 0 Å². The van der Waals surface area contributed by atoms with Gasteiger partial charge in [0.05, 0.1) is 10.6 Å². The number of carbonyl (C=O) groups excluding carboxylic acids is 3. The van der Waals surface area contributed by atoms with Crippen LogP contribution in [0.4, 0.5) is 14.5 Å². The summed E-state index contributed by atoms with van der Waals surface area (Å²) in [6.07, 6.45) is -0.873. The molecule has 3 rings (SSSR count). The second kappa shape index (κ2) is 11.4. The molecule has 0 saturated carbocycles. The molecule has 0 spiro atoms. The van der Waals surface area contributed by atoms with E-state index in [4.69, 9.17) is 17.4 Å². The van der Waals surface area contributed by atoms with Crippen molar-refractivity contribution in [1.82, 2.24) is 5.01 Å². The maximum absolute atomic E-state index is 13.5. The molecule has 198 valence electrons. The number of amides is 2. The minimum atomic E-state index is -1.89. The van der Waals surface area contributed by atoms with E-state index in [0.717, 1.165) is 12.1 Å². The number of carbonyl (C=O) groups is 4. The number of aliphatic carboxylic acids is 1. The molecule has 0 radical (unpaired) electrons. The lowest BCUT2D eigenvalue weighted by Gasteiger charge is -2.25. The number of aryl methyl sites for hydroxylation is 1. The first-order valence-corrected chi connectivity index (χ1v) is 11.4. The lowest BCUT2D eigenvalue weighted by Crippen LogP contribution is -2.50. The fraction of sp³-hybridized carbons (Fsp3) is 0.154. The molecule has 38 heavy (non-hydrogen) atoms. The molecule has 0 aliphatic rings. The van der Waals surface area contributed by atoms with Gasteiger partial charge in [-0.3, -0.25) is 19.4 Å². The number of nitrogens with two attached hydrogens (primary N) is 1. The standard InChI is InChI=1S/C26H22ClF2N3O6/c1-13-6-15(24(35)31(2)18-4-3-5-19(33)11-18)9-20(27)23(13)25(36)32(30)21(26(37)38)12-22(34)14-7-16(28)10-17(29)8-14/h3-11,21,33H,12,30H2,1-2H3,(H,37,38)/t21-/m0/s1. The molecular weight excluding hydrogens is 524 g/mol. The molecule has 2 amide bonds. The van der Waals surface area contributed by atoms with E-state index < -0.39 is 53.2 Å². The summed E-state index contributed by atoms with van der Waals surface area (Å²) in [6.45, 7) is 1.45. The largest absolute Gasteiger partial charge is 0.508 e. The fourth-order valence-corrected chi connectivity index (χ4v) is 4.08. The minimum Gasteiger partial charge on any atom is -0.508 e. The van der Waals surface area contributed by atoms with Crippen LogP contribution in [-0.4, -0.2) is 51.9 Å². The quantitative estimate of drug-likeness (QED) is 0.168. The Hall–Kier alpha value is -4.35. The van der Waals surface area contributed by atoms with E-state index in [9.17, 15) is 38.2 Å². The van der Waals surface area contributed by atoms with Crippen molar-refractivity contribution >= 4 is 40.9 Å². The maximum Gasteiger partial charge on any atom is 0.328 e. The summed E-state index contributed by atoms with van der Waals surface area (Å²) < 4.78 is 27.0. The lowest BCUT2D eigenvalue weighted by molar-refractivity contribution is -0.142. The van der Waals surface area contributed by atoms with E-state index in [1.54, 1.807) is 12.1 Å². The number of carboxylic acids is 1. The normalized spacial score (nSPS) is 11.5. The molecule has 12 heteroatoms. The zero-order valence-electron chi connectivity index (χ0n) is 20.1. The van der Waals surface area contributed by atoms with Gasteiger partial charge in [-0.1, -0.05) is 17.7 Å². The van der Waals surface area contributed by atoms with Gasteiger partial charge in [0.15, 0.2) is 11.8 Å². The Bertz CT molecular complexity index is 1400. The number of rotatable bonds is 8. The van der Waals surface area contributed by atoms with Crippen LogP contribution in [-0.2, 0) is 4.79 Å². The van der Waals surface area contributed by atoms with Gasteiger partial charge in [0.25, 0.3) is 11.8 Å². The van der Waals surface area contributed by atoms with Crippen LogP contribution in [0, 0.1) is 18.6 Å². The van der Waals surface area contributed by atoms with Crippen LogP contribution in [0.1, 0.15) is 43.1 Å². The van der Waals surface area contributed by atoms with Crippen LogP contribution in [0.15, 0.2) is 54.6 Å². The molecule has 0 aliphatic carbocycles. The summed E-state index contributed by atoms with van der Waals surface area (Å²) in [7, 11) is 1.47. The fourth-order valence-electron chi connectivity index (χ4n) is 3.73. The molecule has 0 aromatic heterocycles. The van der Waals surface area contributed by atoms with Crippen molar-refractivity contribution in [3.8, 4) is 5.75 Å². The predicted octanol–water partition coefficient (Wildman–Crippen LogP) is 3.95. The molecule has 1 atom stereocenters. The summed E-state index contributed by atoms with van der Waals surface area (Å²) in [6, 6.07) is 8.65. The third-order valence-corrected chi connectivity index (χ3v) is 5.99. The van der Waals surface area contributed by atoms with Crippen LogP contribution in [0.2, 0.25) is 5.02 Å². The predicted molar refractivity (Wildman–Crippen MR) is 134 cm³/mol. The second-order valence-corrected chi connectivity index (χ2v) is 8.79. The van der Waals surface area contributed by atoms with Crippen molar-refractivity contribution in [2.75, 3.05) is 11.9 Å². The van der Waals surface area contributed by atoms with Crippen molar-refractivity contribution in [1.29, 1.82) is 0 Å². The van der Waals surface area contributed by atoms with Crippen LogP contribution in [0.5, 0.6) is 5.75 Å². The van der Waals surface area contributed by atoms with Crippen LogP contribution in [0.3, 0.4) is 0 Å². The minimum absolute atomic E-state index is 0.0469. The molecule has 0 saturated heterocycles. The Morgan fingerprint density at radius 3 is 2.16 bits per heavy atom. The average molecular weight is 546 g/mol. The highest BCUT2D eigenvalue weighted by Crippen LogP contribution is 2.27. The molecular formula is C26H22ClF2N3O6. The van der Waals surface area contributed by atoms with Gasteiger partial charge in [-0.05, 0) is 48.9 Å². The number of nitrogens with zero attached hydrogens (tertiary/aromatic N) is 2. The van der Waals surface area contributed by atoms with E-state index in [1.165, 1.54) is 43.1 Å². The number of ketones is 1. The first-order chi connectivity index (χ1) is 17.8. The topological polar surface area (TPSA) is 141 Å². The molecule has 0 unspecified atom stereocenters. The zero-order valence-corrected chi connectivity index (χ0v) is 20.9. The van der Waals surface area contributed by atoms with Gasteiger partial charge in [-0.25, -0.2) is 19.4 Å². The number of anilines is 1. The molecule has 4 N–H and O–H groups in total. The third-order valence-electron chi connectivity index (χ3n) is 5.69. The van der Waals surface area contributed by atoms with Crippen LogP contribution >= 0.6 is 11.6 Å². The number of hydrogen-bond donors (Lipinski definition) is 3. The van der Waals surface area contributed by atoms with Gasteiger partial charge < -0.3 is 15.1 Å². The third kappa shape index (κ3) is 6.13. The molecule has 0 heterocycles. The molecule has 3 aromatic carbocycles. The van der Waals surface area contributed by atoms with Crippen molar-refractivity contribution < 1.29 is 38.2 Å². The Morgan fingerprint density at radius 1 is 0.974 bits per heavy atom. The highest BCUT2D eigenvalue weighted by molar-refractivity contribution is 6.34. The molecule has 0 bridgehead atoms. The lowest BCUT2D eigenvalue weighted by atomic mass is 10.0. The molecule has 3 aromatic rings. The highest BCUT2D eigenvalue weighted by atomic mass is 35.5.